The van der Waals surface area contributed by atoms with Crippen molar-refractivity contribution < 1.29 is 0 Å². The molecule has 1 heterocycles. The maximum Gasteiger partial charge on any atom is 0.0335 e. The topological polar surface area (TPSA) is 38.9 Å². The molecule has 0 saturated heterocycles. The predicted molar refractivity (Wildman–Crippen MR) is 77.9 cm³/mol. The van der Waals surface area contributed by atoms with Gasteiger partial charge in [0.2, 0.25) is 0 Å². The normalized spacial score (nSPS) is 16.9. The van der Waals surface area contributed by atoms with Gasteiger partial charge in [-0.25, -0.2) is 0 Å². The van der Waals surface area contributed by atoms with E-state index in [1.807, 2.05) is 24.5 Å². The Balaban J connectivity index is 1.74. The van der Waals surface area contributed by atoms with Gasteiger partial charge in [-0.05, 0) is 54.0 Å². The fourth-order valence-electron chi connectivity index (χ4n) is 2.68. The van der Waals surface area contributed by atoms with E-state index in [1.54, 1.807) is 0 Å². The van der Waals surface area contributed by atoms with Crippen LogP contribution in [0.3, 0.4) is 0 Å². The SMILES string of the molecule is NC(Cc1ccncc1)c1cccc(C2CCC2)c1. The molecule has 0 aliphatic heterocycles. The molecule has 1 atom stereocenters. The van der Waals surface area contributed by atoms with Crippen molar-refractivity contribution in [1.29, 1.82) is 0 Å². The maximum atomic E-state index is 6.34. The number of hydrogen-bond donors (Lipinski definition) is 1. The fourth-order valence-corrected chi connectivity index (χ4v) is 2.68. The minimum atomic E-state index is 0.0717. The highest BCUT2D eigenvalue weighted by atomic mass is 14.6. The van der Waals surface area contributed by atoms with Crippen LogP contribution in [0.4, 0.5) is 0 Å². The molecule has 98 valence electrons. The third-order valence-corrected chi connectivity index (χ3v) is 4.12. The van der Waals surface area contributed by atoms with Crippen LogP contribution in [0.15, 0.2) is 48.8 Å². The molecule has 0 spiro atoms. The van der Waals surface area contributed by atoms with Gasteiger partial charge in [0.25, 0.3) is 0 Å². The Bertz CT molecular complexity index is 532. The van der Waals surface area contributed by atoms with Crippen LogP contribution in [0, 0.1) is 0 Å². The summed E-state index contributed by atoms with van der Waals surface area (Å²) in [6.45, 7) is 0. The second kappa shape index (κ2) is 5.54. The molecule has 2 heteroatoms. The molecule has 1 aromatic carbocycles. The molecule has 19 heavy (non-hydrogen) atoms. The van der Waals surface area contributed by atoms with Crippen molar-refractivity contribution in [2.24, 2.45) is 5.73 Å². The fraction of sp³-hybridized carbons (Fsp3) is 0.353. The second-order valence-electron chi connectivity index (χ2n) is 5.46. The average molecular weight is 252 g/mol. The lowest BCUT2D eigenvalue weighted by Gasteiger charge is -2.26. The molecule has 2 nitrogen and oxygen atoms in total. The molecule has 1 unspecified atom stereocenters. The van der Waals surface area contributed by atoms with Crippen LogP contribution in [0.25, 0.3) is 0 Å². The van der Waals surface area contributed by atoms with Gasteiger partial charge in [0, 0.05) is 18.4 Å². The van der Waals surface area contributed by atoms with E-state index >= 15 is 0 Å². The van der Waals surface area contributed by atoms with E-state index in [-0.39, 0.29) is 6.04 Å². The van der Waals surface area contributed by atoms with E-state index in [0.29, 0.717) is 0 Å². The van der Waals surface area contributed by atoms with Crippen LogP contribution in [0.2, 0.25) is 0 Å². The molecule has 1 saturated carbocycles. The van der Waals surface area contributed by atoms with Crippen molar-refractivity contribution in [3.8, 4) is 0 Å². The largest absolute Gasteiger partial charge is 0.324 e. The number of nitrogens with two attached hydrogens (primary N) is 1. The highest BCUT2D eigenvalue weighted by molar-refractivity contribution is 5.30. The Morgan fingerprint density at radius 2 is 1.95 bits per heavy atom. The Morgan fingerprint density at radius 1 is 1.16 bits per heavy atom. The van der Waals surface area contributed by atoms with Gasteiger partial charge in [0.05, 0.1) is 0 Å². The average Bonchev–Trinajstić information content (AvgIpc) is 2.38. The molecule has 2 aromatic rings. The highest BCUT2D eigenvalue weighted by Gasteiger charge is 2.20. The summed E-state index contributed by atoms with van der Waals surface area (Å²) < 4.78 is 0. The molecule has 1 aromatic heterocycles. The first-order chi connectivity index (χ1) is 9.33. The number of rotatable bonds is 4. The zero-order chi connectivity index (χ0) is 13.1. The zero-order valence-corrected chi connectivity index (χ0v) is 11.1. The Labute approximate surface area is 114 Å². The molecular weight excluding hydrogens is 232 g/mol. The summed E-state index contributed by atoms with van der Waals surface area (Å²) in [5, 5.41) is 0. The second-order valence-corrected chi connectivity index (χ2v) is 5.46. The molecule has 2 N–H and O–H groups in total. The number of aromatic nitrogens is 1. The molecule has 3 rings (SSSR count). The molecule has 1 fully saturated rings. The lowest BCUT2D eigenvalue weighted by Crippen LogP contribution is -2.15. The molecule has 0 radical (unpaired) electrons. The van der Waals surface area contributed by atoms with E-state index in [2.05, 4.69) is 29.2 Å². The Hall–Kier alpha value is -1.67. The Kier molecular flexibility index (Phi) is 3.60. The highest BCUT2D eigenvalue weighted by Crippen LogP contribution is 2.37. The van der Waals surface area contributed by atoms with E-state index in [0.717, 1.165) is 12.3 Å². The van der Waals surface area contributed by atoms with Crippen LogP contribution in [-0.2, 0) is 6.42 Å². The van der Waals surface area contributed by atoms with Crippen LogP contribution in [-0.4, -0.2) is 4.98 Å². The quantitative estimate of drug-likeness (QED) is 0.903. The van der Waals surface area contributed by atoms with Gasteiger partial charge < -0.3 is 5.73 Å². The van der Waals surface area contributed by atoms with Crippen molar-refractivity contribution in [2.75, 3.05) is 0 Å². The van der Waals surface area contributed by atoms with E-state index < -0.39 is 0 Å². The monoisotopic (exact) mass is 252 g/mol. The van der Waals surface area contributed by atoms with Gasteiger partial charge in [0.1, 0.15) is 0 Å². The van der Waals surface area contributed by atoms with E-state index in [4.69, 9.17) is 5.73 Å². The molecule has 0 bridgehead atoms. The summed E-state index contributed by atoms with van der Waals surface area (Å²) in [5.41, 5.74) is 10.3. The van der Waals surface area contributed by atoms with Gasteiger partial charge in [-0.15, -0.1) is 0 Å². The number of benzene rings is 1. The van der Waals surface area contributed by atoms with Crippen molar-refractivity contribution in [3.05, 3.63) is 65.5 Å². The van der Waals surface area contributed by atoms with Gasteiger partial charge in [-0.1, -0.05) is 30.7 Å². The minimum Gasteiger partial charge on any atom is -0.324 e. The van der Waals surface area contributed by atoms with Gasteiger partial charge in [0.15, 0.2) is 0 Å². The minimum absolute atomic E-state index is 0.0717. The number of hydrogen-bond acceptors (Lipinski definition) is 2. The molecule has 0 amide bonds. The van der Waals surface area contributed by atoms with Crippen molar-refractivity contribution in [2.45, 2.75) is 37.6 Å². The lowest BCUT2D eigenvalue weighted by atomic mass is 9.79. The lowest BCUT2D eigenvalue weighted by molar-refractivity contribution is 0.419. The number of nitrogens with zero attached hydrogens (tertiary/aromatic N) is 1. The summed E-state index contributed by atoms with van der Waals surface area (Å²) in [7, 11) is 0. The van der Waals surface area contributed by atoms with Crippen molar-refractivity contribution in [3.63, 3.8) is 0 Å². The summed E-state index contributed by atoms with van der Waals surface area (Å²) in [5.74, 6) is 0.771. The van der Waals surface area contributed by atoms with E-state index in [1.165, 1.54) is 36.0 Å². The third kappa shape index (κ3) is 2.85. The first kappa shape index (κ1) is 12.4. The molecule has 1 aliphatic rings. The standard InChI is InChI=1S/C17H20N2/c18-17(11-13-7-9-19-10-8-13)16-6-2-5-15(12-16)14-3-1-4-14/h2,5-10,12,14,17H,1,3-4,11,18H2. The summed E-state index contributed by atoms with van der Waals surface area (Å²) in [6, 6.07) is 13.0. The number of pyridine rings is 1. The smallest absolute Gasteiger partial charge is 0.0335 e. The maximum absolute atomic E-state index is 6.34. The van der Waals surface area contributed by atoms with Crippen LogP contribution in [0.1, 0.15) is 47.9 Å². The Morgan fingerprint density at radius 3 is 2.63 bits per heavy atom. The van der Waals surface area contributed by atoms with Gasteiger partial charge >= 0.3 is 0 Å². The van der Waals surface area contributed by atoms with E-state index in [9.17, 15) is 0 Å². The van der Waals surface area contributed by atoms with Crippen LogP contribution < -0.4 is 5.73 Å². The molecular formula is C17H20N2. The van der Waals surface area contributed by atoms with Gasteiger partial charge in [-0.2, -0.15) is 0 Å². The van der Waals surface area contributed by atoms with Crippen LogP contribution >= 0.6 is 0 Å². The van der Waals surface area contributed by atoms with Gasteiger partial charge in [-0.3, -0.25) is 4.98 Å². The summed E-state index contributed by atoms with van der Waals surface area (Å²) >= 11 is 0. The predicted octanol–water partition coefficient (Wildman–Crippen LogP) is 3.59. The van der Waals surface area contributed by atoms with Crippen LogP contribution in [0.5, 0.6) is 0 Å². The first-order valence-electron chi connectivity index (χ1n) is 7.07. The zero-order valence-electron chi connectivity index (χ0n) is 11.1. The summed E-state index contributed by atoms with van der Waals surface area (Å²) in [6.07, 6.45) is 8.57. The van der Waals surface area contributed by atoms with Crippen molar-refractivity contribution >= 4 is 0 Å². The third-order valence-electron chi connectivity index (χ3n) is 4.12. The first-order valence-corrected chi connectivity index (χ1v) is 7.07. The van der Waals surface area contributed by atoms with Crippen molar-refractivity contribution in [1.82, 2.24) is 4.98 Å². The summed E-state index contributed by atoms with van der Waals surface area (Å²) in [4.78, 5) is 4.04. The molecule has 1 aliphatic carbocycles.